The van der Waals surface area contributed by atoms with Crippen molar-refractivity contribution in [2.24, 2.45) is 0 Å². The second kappa shape index (κ2) is 4.11. The lowest BCUT2D eigenvalue weighted by molar-refractivity contribution is 0.0832. The van der Waals surface area contributed by atoms with Crippen LogP contribution in [0.15, 0.2) is 6.07 Å². The molecule has 0 aliphatic heterocycles. The fraction of sp³-hybridized carbons (Fsp3) is 0.444. The van der Waals surface area contributed by atoms with Gasteiger partial charge in [-0.05, 0) is 12.5 Å². The van der Waals surface area contributed by atoms with Crippen LogP contribution >= 0.6 is 22.9 Å². The van der Waals surface area contributed by atoms with Crippen LogP contribution in [0.1, 0.15) is 21.5 Å². The predicted molar refractivity (Wildman–Crippen MR) is 56.7 cm³/mol. The monoisotopic (exact) mass is 217 g/mol. The van der Waals surface area contributed by atoms with E-state index in [2.05, 4.69) is 0 Å². The molecule has 0 N–H and O–H groups in total. The topological polar surface area (TPSA) is 20.3 Å². The van der Waals surface area contributed by atoms with Crippen LogP contribution in [-0.2, 0) is 6.42 Å². The molecule has 0 radical (unpaired) electrons. The lowest BCUT2D eigenvalue weighted by Gasteiger charge is -2.07. The molecule has 2 nitrogen and oxygen atoms in total. The highest BCUT2D eigenvalue weighted by Gasteiger charge is 2.15. The van der Waals surface area contributed by atoms with Gasteiger partial charge < -0.3 is 4.90 Å². The van der Waals surface area contributed by atoms with Crippen LogP contribution in [0.2, 0.25) is 5.02 Å². The average Bonchev–Trinajstić information content (AvgIpc) is 2.45. The number of carbonyl (C=O) groups excluding carboxylic acids is 1. The number of hydrogen-bond acceptors (Lipinski definition) is 2. The maximum absolute atomic E-state index is 11.5. The van der Waals surface area contributed by atoms with E-state index in [-0.39, 0.29) is 5.91 Å². The van der Waals surface area contributed by atoms with Gasteiger partial charge in [0.15, 0.2) is 0 Å². The van der Waals surface area contributed by atoms with E-state index in [1.807, 2.05) is 13.0 Å². The van der Waals surface area contributed by atoms with Crippen molar-refractivity contribution in [1.29, 1.82) is 0 Å². The summed E-state index contributed by atoms with van der Waals surface area (Å²) in [5.74, 6) is -0.0188. The van der Waals surface area contributed by atoms with Crippen LogP contribution in [0.5, 0.6) is 0 Å². The Kier molecular flexibility index (Phi) is 3.33. The standard InChI is InChI=1S/C9H12ClNOS/c1-4-6-5-7(10)8(13-6)9(12)11(2)3/h5H,4H2,1-3H3. The normalized spacial score (nSPS) is 10.2. The first kappa shape index (κ1) is 10.5. The summed E-state index contributed by atoms with van der Waals surface area (Å²) in [4.78, 5) is 14.9. The Bertz CT molecular complexity index is 319. The summed E-state index contributed by atoms with van der Waals surface area (Å²) in [5, 5.41) is 0.570. The third-order valence-corrected chi connectivity index (χ3v) is 3.36. The van der Waals surface area contributed by atoms with Crippen LogP contribution in [0, 0.1) is 0 Å². The Hall–Kier alpha value is -0.540. The zero-order chi connectivity index (χ0) is 10.0. The van der Waals surface area contributed by atoms with Gasteiger partial charge in [0, 0.05) is 19.0 Å². The molecule has 1 aromatic heterocycles. The van der Waals surface area contributed by atoms with Gasteiger partial charge in [-0.2, -0.15) is 0 Å². The highest BCUT2D eigenvalue weighted by Crippen LogP contribution is 2.27. The fourth-order valence-corrected chi connectivity index (χ4v) is 2.34. The molecule has 0 aliphatic rings. The quantitative estimate of drug-likeness (QED) is 0.746. The first-order valence-electron chi connectivity index (χ1n) is 4.06. The summed E-state index contributed by atoms with van der Waals surface area (Å²) in [6, 6.07) is 1.86. The maximum atomic E-state index is 11.5. The SMILES string of the molecule is CCc1cc(Cl)c(C(=O)N(C)C)s1. The molecule has 0 atom stereocenters. The predicted octanol–water partition coefficient (Wildman–Crippen LogP) is 2.67. The number of amides is 1. The number of rotatable bonds is 2. The van der Waals surface area contributed by atoms with Crippen molar-refractivity contribution in [3.05, 3.63) is 20.8 Å². The van der Waals surface area contributed by atoms with Crippen molar-refractivity contribution in [2.45, 2.75) is 13.3 Å². The molecule has 1 amide bonds. The number of halogens is 1. The van der Waals surface area contributed by atoms with Crippen molar-refractivity contribution in [2.75, 3.05) is 14.1 Å². The van der Waals surface area contributed by atoms with E-state index in [0.29, 0.717) is 9.90 Å². The third kappa shape index (κ3) is 2.23. The smallest absolute Gasteiger partial charge is 0.264 e. The number of hydrogen-bond donors (Lipinski definition) is 0. The zero-order valence-electron chi connectivity index (χ0n) is 7.93. The van der Waals surface area contributed by atoms with Crippen LogP contribution in [0.3, 0.4) is 0 Å². The molecule has 0 bridgehead atoms. The summed E-state index contributed by atoms with van der Waals surface area (Å²) in [5.41, 5.74) is 0. The van der Waals surface area contributed by atoms with E-state index in [0.717, 1.165) is 11.3 Å². The van der Waals surface area contributed by atoms with Crippen molar-refractivity contribution < 1.29 is 4.79 Å². The van der Waals surface area contributed by atoms with Gasteiger partial charge in [-0.25, -0.2) is 0 Å². The Labute approximate surface area is 87.1 Å². The van der Waals surface area contributed by atoms with E-state index < -0.39 is 0 Å². The van der Waals surface area contributed by atoms with Gasteiger partial charge in [0.05, 0.1) is 5.02 Å². The summed E-state index contributed by atoms with van der Waals surface area (Å²) in [6.45, 7) is 2.05. The Morgan fingerprint density at radius 1 is 1.62 bits per heavy atom. The van der Waals surface area contributed by atoms with Gasteiger partial charge in [0.1, 0.15) is 4.88 Å². The lowest BCUT2D eigenvalue weighted by Crippen LogP contribution is -2.20. The Balaban J connectivity index is 3.00. The van der Waals surface area contributed by atoms with Gasteiger partial charge in [-0.15, -0.1) is 11.3 Å². The van der Waals surface area contributed by atoms with Crippen LogP contribution in [0.4, 0.5) is 0 Å². The summed E-state index contributed by atoms with van der Waals surface area (Å²) in [6.07, 6.45) is 0.922. The van der Waals surface area contributed by atoms with Gasteiger partial charge in [0.2, 0.25) is 0 Å². The Morgan fingerprint density at radius 3 is 2.62 bits per heavy atom. The highest BCUT2D eigenvalue weighted by molar-refractivity contribution is 7.14. The van der Waals surface area contributed by atoms with Gasteiger partial charge >= 0.3 is 0 Å². The molecule has 0 unspecified atom stereocenters. The summed E-state index contributed by atoms with van der Waals surface area (Å²) < 4.78 is 0. The molecule has 0 saturated carbocycles. The molecule has 1 heterocycles. The maximum Gasteiger partial charge on any atom is 0.264 e. The van der Waals surface area contributed by atoms with Gasteiger partial charge in [-0.3, -0.25) is 4.79 Å². The van der Waals surface area contributed by atoms with E-state index in [1.54, 1.807) is 14.1 Å². The van der Waals surface area contributed by atoms with Crippen LogP contribution in [-0.4, -0.2) is 24.9 Å². The minimum atomic E-state index is -0.0188. The first-order chi connectivity index (χ1) is 6.06. The van der Waals surface area contributed by atoms with Crippen molar-refractivity contribution >= 4 is 28.8 Å². The van der Waals surface area contributed by atoms with E-state index >= 15 is 0 Å². The first-order valence-corrected chi connectivity index (χ1v) is 5.25. The number of thiophene rings is 1. The van der Waals surface area contributed by atoms with E-state index in [9.17, 15) is 4.79 Å². The minimum Gasteiger partial charge on any atom is -0.344 e. The van der Waals surface area contributed by atoms with Gasteiger partial charge in [0.25, 0.3) is 5.91 Å². The molecular formula is C9H12ClNOS. The molecule has 0 aromatic carbocycles. The van der Waals surface area contributed by atoms with Gasteiger partial charge in [-0.1, -0.05) is 18.5 Å². The van der Waals surface area contributed by atoms with Crippen molar-refractivity contribution in [1.82, 2.24) is 4.90 Å². The zero-order valence-corrected chi connectivity index (χ0v) is 9.50. The molecular weight excluding hydrogens is 206 g/mol. The number of nitrogens with zero attached hydrogens (tertiary/aromatic N) is 1. The minimum absolute atomic E-state index is 0.0188. The molecule has 1 rings (SSSR count). The average molecular weight is 218 g/mol. The number of aryl methyl sites for hydroxylation is 1. The molecule has 0 fully saturated rings. The fourth-order valence-electron chi connectivity index (χ4n) is 0.939. The Morgan fingerprint density at radius 2 is 2.23 bits per heavy atom. The van der Waals surface area contributed by atoms with E-state index in [4.69, 9.17) is 11.6 Å². The molecule has 4 heteroatoms. The highest BCUT2D eigenvalue weighted by atomic mass is 35.5. The molecule has 72 valence electrons. The summed E-state index contributed by atoms with van der Waals surface area (Å²) in [7, 11) is 3.45. The second-order valence-electron chi connectivity index (χ2n) is 2.94. The number of carbonyl (C=O) groups is 1. The molecule has 0 saturated heterocycles. The summed E-state index contributed by atoms with van der Waals surface area (Å²) >= 11 is 7.40. The molecule has 0 spiro atoms. The second-order valence-corrected chi connectivity index (χ2v) is 4.49. The van der Waals surface area contributed by atoms with E-state index in [1.165, 1.54) is 16.2 Å². The third-order valence-electron chi connectivity index (χ3n) is 1.69. The van der Waals surface area contributed by atoms with Crippen LogP contribution in [0.25, 0.3) is 0 Å². The van der Waals surface area contributed by atoms with Crippen molar-refractivity contribution in [3.63, 3.8) is 0 Å². The lowest BCUT2D eigenvalue weighted by atomic mass is 10.3. The van der Waals surface area contributed by atoms with Crippen LogP contribution < -0.4 is 0 Å². The largest absolute Gasteiger partial charge is 0.344 e. The van der Waals surface area contributed by atoms with Crippen molar-refractivity contribution in [3.8, 4) is 0 Å². The molecule has 13 heavy (non-hydrogen) atoms. The molecule has 1 aromatic rings. The molecule has 0 aliphatic carbocycles.